The molecule has 3 rings (SSSR count). The molecule has 1 aromatic heterocycles. The Morgan fingerprint density at radius 1 is 1.17 bits per heavy atom. The lowest BCUT2D eigenvalue weighted by Gasteiger charge is -2.17. The van der Waals surface area contributed by atoms with Crippen molar-refractivity contribution in [2.45, 2.75) is 13.5 Å². The van der Waals surface area contributed by atoms with Crippen LogP contribution in [0.2, 0.25) is 0 Å². The van der Waals surface area contributed by atoms with Crippen LogP contribution < -0.4 is 0 Å². The Hall–Kier alpha value is -2.95. The monoisotopic (exact) mass is 323 g/mol. The van der Waals surface area contributed by atoms with Crippen LogP contribution in [-0.2, 0) is 6.54 Å². The highest BCUT2D eigenvalue weighted by atomic mass is 19.1. The third kappa shape index (κ3) is 3.35. The van der Waals surface area contributed by atoms with Crippen LogP contribution in [0.3, 0.4) is 0 Å². The highest BCUT2D eigenvalue weighted by Gasteiger charge is 2.14. The van der Waals surface area contributed by atoms with Gasteiger partial charge in [-0.25, -0.2) is 4.39 Å². The average molecular weight is 323 g/mol. The zero-order valence-electron chi connectivity index (χ0n) is 13.6. The molecule has 1 amide bonds. The maximum atomic E-state index is 13.4. The van der Waals surface area contributed by atoms with Gasteiger partial charge in [0.2, 0.25) is 0 Å². The van der Waals surface area contributed by atoms with Gasteiger partial charge in [-0.3, -0.25) is 9.89 Å². The van der Waals surface area contributed by atoms with Crippen molar-refractivity contribution in [3.8, 4) is 11.1 Å². The fourth-order valence-corrected chi connectivity index (χ4v) is 2.58. The number of H-pyrrole nitrogens is 1. The average Bonchev–Trinajstić information content (AvgIpc) is 2.99. The molecule has 0 atom stereocenters. The quantitative estimate of drug-likeness (QED) is 0.794. The van der Waals surface area contributed by atoms with Crippen LogP contribution >= 0.6 is 0 Å². The van der Waals surface area contributed by atoms with Crippen molar-refractivity contribution in [2.75, 3.05) is 7.05 Å². The second-order valence-corrected chi connectivity index (χ2v) is 5.77. The lowest BCUT2D eigenvalue weighted by molar-refractivity contribution is 0.0785. The molecule has 0 fully saturated rings. The molecule has 0 radical (unpaired) electrons. The molecule has 1 heterocycles. The number of benzene rings is 2. The summed E-state index contributed by atoms with van der Waals surface area (Å²) >= 11 is 0. The number of aryl methyl sites for hydroxylation is 1. The smallest absolute Gasteiger partial charge is 0.253 e. The number of halogens is 1. The van der Waals surface area contributed by atoms with Gasteiger partial charge in [-0.15, -0.1) is 0 Å². The molecule has 0 saturated heterocycles. The summed E-state index contributed by atoms with van der Waals surface area (Å²) in [6.07, 6.45) is 1.72. The first-order chi connectivity index (χ1) is 11.5. The Kier molecular flexibility index (Phi) is 4.42. The van der Waals surface area contributed by atoms with E-state index in [1.165, 1.54) is 12.1 Å². The minimum Gasteiger partial charge on any atom is -0.337 e. The summed E-state index contributed by atoms with van der Waals surface area (Å²) in [6, 6.07) is 13.6. The molecular formula is C19H18FN3O. The van der Waals surface area contributed by atoms with Gasteiger partial charge in [-0.05, 0) is 42.3 Å². The third-order valence-corrected chi connectivity index (χ3v) is 3.96. The van der Waals surface area contributed by atoms with E-state index in [1.807, 2.05) is 25.1 Å². The zero-order valence-corrected chi connectivity index (χ0v) is 13.6. The SMILES string of the molecule is Cc1[nH]ncc1CN(C)C(=O)c1cccc(-c2cccc(F)c2)c1. The molecule has 0 aliphatic heterocycles. The van der Waals surface area contributed by atoms with Gasteiger partial charge in [0.1, 0.15) is 5.82 Å². The molecule has 24 heavy (non-hydrogen) atoms. The van der Waals surface area contributed by atoms with Gasteiger partial charge in [0.15, 0.2) is 0 Å². The van der Waals surface area contributed by atoms with E-state index in [0.29, 0.717) is 12.1 Å². The number of aromatic amines is 1. The topological polar surface area (TPSA) is 49.0 Å². The highest BCUT2D eigenvalue weighted by Crippen LogP contribution is 2.22. The molecule has 122 valence electrons. The molecule has 3 aromatic rings. The number of amides is 1. The predicted octanol–water partition coefficient (Wildman–Crippen LogP) is 3.80. The fraction of sp³-hybridized carbons (Fsp3) is 0.158. The lowest BCUT2D eigenvalue weighted by atomic mass is 10.0. The lowest BCUT2D eigenvalue weighted by Crippen LogP contribution is -2.26. The van der Waals surface area contributed by atoms with Crippen molar-refractivity contribution in [2.24, 2.45) is 0 Å². The normalized spacial score (nSPS) is 10.6. The summed E-state index contributed by atoms with van der Waals surface area (Å²) in [7, 11) is 1.75. The summed E-state index contributed by atoms with van der Waals surface area (Å²) in [5.74, 6) is -0.384. The first-order valence-corrected chi connectivity index (χ1v) is 7.65. The standard InChI is InChI=1S/C19H18FN3O/c1-13-17(11-21-22-13)12-23(2)19(24)16-7-3-5-14(9-16)15-6-4-8-18(20)10-15/h3-11H,12H2,1-2H3,(H,21,22). The van der Waals surface area contributed by atoms with Crippen molar-refractivity contribution in [1.82, 2.24) is 15.1 Å². The van der Waals surface area contributed by atoms with Crippen molar-refractivity contribution >= 4 is 5.91 Å². The van der Waals surface area contributed by atoms with E-state index in [1.54, 1.807) is 36.3 Å². The Labute approximate surface area is 139 Å². The number of hydrogen-bond donors (Lipinski definition) is 1. The van der Waals surface area contributed by atoms with Crippen molar-refractivity contribution in [1.29, 1.82) is 0 Å². The van der Waals surface area contributed by atoms with Gasteiger partial charge in [0, 0.05) is 30.4 Å². The first-order valence-electron chi connectivity index (χ1n) is 7.65. The van der Waals surface area contributed by atoms with E-state index in [2.05, 4.69) is 10.2 Å². The Morgan fingerprint density at radius 3 is 2.54 bits per heavy atom. The van der Waals surface area contributed by atoms with Gasteiger partial charge < -0.3 is 4.90 Å². The van der Waals surface area contributed by atoms with Gasteiger partial charge in [-0.2, -0.15) is 5.10 Å². The third-order valence-electron chi connectivity index (χ3n) is 3.96. The summed E-state index contributed by atoms with van der Waals surface area (Å²) in [4.78, 5) is 14.3. The molecule has 1 N–H and O–H groups in total. The van der Waals surface area contributed by atoms with E-state index in [4.69, 9.17) is 0 Å². The molecule has 5 heteroatoms. The molecule has 0 aliphatic rings. The number of aromatic nitrogens is 2. The maximum Gasteiger partial charge on any atom is 0.253 e. The van der Waals surface area contributed by atoms with Crippen LogP contribution in [0, 0.1) is 12.7 Å². The van der Waals surface area contributed by atoms with E-state index >= 15 is 0 Å². The second kappa shape index (κ2) is 6.66. The van der Waals surface area contributed by atoms with Crippen LogP contribution in [0.25, 0.3) is 11.1 Å². The number of hydrogen-bond acceptors (Lipinski definition) is 2. The van der Waals surface area contributed by atoms with Gasteiger partial charge in [0.25, 0.3) is 5.91 Å². The Morgan fingerprint density at radius 2 is 1.88 bits per heavy atom. The van der Waals surface area contributed by atoms with E-state index in [0.717, 1.165) is 22.4 Å². The Balaban J connectivity index is 1.83. The van der Waals surface area contributed by atoms with Crippen molar-refractivity contribution in [3.63, 3.8) is 0 Å². The highest BCUT2D eigenvalue weighted by molar-refractivity contribution is 5.95. The largest absolute Gasteiger partial charge is 0.337 e. The molecule has 0 spiro atoms. The summed E-state index contributed by atoms with van der Waals surface area (Å²) in [5.41, 5.74) is 4.06. The van der Waals surface area contributed by atoms with E-state index in [-0.39, 0.29) is 11.7 Å². The van der Waals surface area contributed by atoms with Crippen molar-refractivity contribution < 1.29 is 9.18 Å². The molecule has 0 unspecified atom stereocenters. The summed E-state index contributed by atoms with van der Waals surface area (Å²) < 4.78 is 13.4. The van der Waals surface area contributed by atoms with Gasteiger partial charge in [0.05, 0.1) is 6.20 Å². The Bertz CT molecular complexity index is 872. The van der Waals surface area contributed by atoms with E-state index < -0.39 is 0 Å². The molecule has 0 aliphatic carbocycles. The van der Waals surface area contributed by atoms with Crippen LogP contribution in [0.15, 0.2) is 54.7 Å². The maximum absolute atomic E-state index is 13.4. The second-order valence-electron chi connectivity index (χ2n) is 5.77. The van der Waals surface area contributed by atoms with Crippen LogP contribution in [0.1, 0.15) is 21.6 Å². The number of nitrogens with zero attached hydrogens (tertiary/aromatic N) is 2. The summed E-state index contributed by atoms with van der Waals surface area (Å²) in [6.45, 7) is 2.40. The predicted molar refractivity (Wildman–Crippen MR) is 91.0 cm³/mol. The van der Waals surface area contributed by atoms with Crippen LogP contribution in [0.5, 0.6) is 0 Å². The minimum absolute atomic E-state index is 0.0890. The molecule has 0 saturated carbocycles. The number of nitrogens with one attached hydrogen (secondary N) is 1. The number of carbonyl (C=O) groups excluding carboxylic acids is 1. The van der Waals surface area contributed by atoms with Gasteiger partial charge in [-0.1, -0.05) is 24.3 Å². The zero-order chi connectivity index (χ0) is 17.1. The number of carbonyl (C=O) groups is 1. The van der Waals surface area contributed by atoms with Crippen LogP contribution in [0.4, 0.5) is 4.39 Å². The molecule has 4 nitrogen and oxygen atoms in total. The minimum atomic E-state index is -0.295. The number of rotatable bonds is 4. The molecule has 2 aromatic carbocycles. The molecular weight excluding hydrogens is 305 g/mol. The summed E-state index contributed by atoms with van der Waals surface area (Å²) in [5, 5.41) is 6.84. The van der Waals surface area contributed by atoms with E-state index in [9.17, 15) is 9.18 Å². The first kappa shape index (κ1) is 15.9. The van der Waals surface area contributed by atoms with Crippen molar-refractivity contribution in [3.05, 3.63) is 77.4 Å². The fourth-order valence-electron chi connectivity index (χ4n) is 2.58. The van der Waals surface area contributed by atoms with Gasteiger partial charge >= 0.3 is 0 Å². The van der Waals surface area contributed by atoms with Crippen LogP contribution in [-0.4, -0.2) is 28.1 Å². The molecule has 0 bridgehead atoms.